The SMILES string of the molecule is C[C@H](C(=O)N[C@H](CNC1CC(C)(C)NC(C)(C)C1)Cc1ccccc1)c1ccc(-c2ccccc2)c(F)c1. The third-order valence-corrected chi connectivity index (χ3v) is 7.49. The number of amides is 1. The van der Waals surface area contributed by atoms with Gasteiger partial charge in [0.2, 0.25) is 5.91 Å². The Morgan fingerprint density at radius 1 is 0.947 bits per heavy atom. The Kier molecular flexibility index (Phi) is 8.69. The van der Waals surface area contributed by atoms with Crippen molar-refractivity contribution in [2.75, 3.05) is 6.54 Å². The number of halogens is 1. The Hall–Kier alpha value is -3.02. The highest BCUT2D eigenvalue weighted by atomic mass is 19.1. The first-order valence-electron chi connectivity index (χ1n) is 13.7. The van der Waals surface area contributed by atoms with Crippen molar-refractivity contribution in [2.24, 2.45) is 0 Å². The van der Waals surface area contributed by atoms with Crippen LogP contribution in [0.15, 0.2) is 78.9 Å². The minimum atomic E-state index is -0.468. The number of piperidine rings is 1. The van der Waals surface area contributed by atoms with E-state index < -0.39 is 5.92 Å². The minimum absolute atomic E-state index is 0.0437. The molecule has 1 aliphatic heterocycles. The zero-order chi connectivity index (χ0) is 27.3. The number of carbonyl (C=O) groups excluding carboxylic acids is 1. The van der Waals surface area contributed by atoms with Crippen molar-refractivity contribution in [3.05, 3.63) is 95.8 Å². The van der Waals surface area contributed by atoms with Gasteiger partial charge in [-0.15, -0.1) is 0 Å². The monoisotopic (exact) mass is 515 g/mol. The fraction of sp³-hybridized carbons (Fsp3) is 0.424. The molecule has 0 radical (unpaired) electrons. The molecule has 38 heavy (non-hydrogen) atoms. The van der Waals surface area contributed by atoms with Crippen molar-refractivity contribution < 1.29 is 9.18 Å². The lowest BCUT2D eigenvalue weighted by atomic mass is 9.79. The first-order valence-corrected chi connectivity index (χ1v) is 13.7. The second kappa shape index (κ2) is 11.8. The fourth-order valence-corrected chi connectivity index (χ4v) is 5.98. The van der Waals surface area contributed by atoms with Gasteiger partial charge in [-0.3, -0.25) is 4.79 Å². The normalized spacial score (nSPS) is 18.5. The average molecular weight is 516 g/mol. The molecule has 0 aliphatic carbocycles. The van der Waals surface area contributed by atoms with Gasteiger partial charge in [-0.2, -0.15) is 0 Å². The Bertz CT molecular complexity index is 1190. The molecule has 1 amide bonds. The number of rotatable bonds is 9. The summed E-state index contributed by atoms with van der Waals surface area (Å²) < 4.78 is 15.0. The number of benzene rings is 3. The fourth-order valence-electron chi connectivity index (χ4n) is 5.98. The van der Waals surface area contributed by atoms with Crippen LogP contribution in [0, 0.1) is 5.82 Å². The summed E-state index contributed by atoms with van der Waals surface area (Å²) >= 11 is 0. The van der Waals surface area contributed by atoms with Gasteiger partial charge in [0, 0.05) is 35.3 Å². The van der Waals surface area contributed by atoms with Gasteiger partial charge in [0.05, 0.1) is 5.92 Å². The Morgan fingerprint density at radius 3 is 2.16 bits per heavy atom. The van der Waals surface area contributed by atoms with Gasteiger partial charge in [-0.1, -0.05) is 72.8 Å². The zero-order valence-electron chi connectivity index (χ0n) is 23.4. The first-order chi connectivity index (χ1) is 18.0. The van der Waals surface area contributed by atoms with Gasteiger partial charge >= 0.3 is 0 Å². The lowest BCUT2D eigenvalue weighted by Gasteiger charge is -2.47. The van der Waals surface area contributed by atoms with Crippen LogP contribution in [0.4, 0.5) is 4.39 Å². The molecule has 202 valence electrons. The van der Waals surface area contributed by atoms with Gasteiger partial charge in [-0.05, 0) is 76.6 Å². The third-order valence-electron chi connectivity index (χ3n) is 7.49. The maximum atomic E-state index is 15.0. The lowest BCUT2D eigenvalue weighted by molar-refractivity contribution is -0.122. The summed E-state index contributed by atoms with van der Waals surface area (Å²) in [5.41, 5.74) is 3.31. The molecule has 4 nitrogen and oxygen atoms in total. The van der Waals surface area contributed by atoms with Crippen LogP contribution in [-0.2, 0) is 11.2 Å². The summed E-state index contributed by atoms with van der Waals surface area (Å²) in [4.78, 5) is 13.4. The maximum absolute atomic E-state index is 15.0. The Balaban J connectivity index is 1.45. The van der Waals surface area contributed by atoms with E-state index in [1.54, 1.807) is 6.07 Å². The molecule has 5 heteroatoms. The predicted molar refractivity (Wildman–Crippen MR) is 155 cm³/mol. The van der Waals surface area contributed by atoms with E-state index in [4.69, 9.17) is 0 Å². The molecule has 1 saturated heterocycles. The second-order valence-electron chi connectivity index (χ2n) is 12.1. The van der Waals surface area contributed by atoms with E-state index in [2.05, 4.69) is 55.8 Å². The Labute approximate surface area is 227 Å². The summed E-state index contributed by atoms with van der Waals surface area (Å²) in [6.45, 7) is 11.5. The largest absolute Gasteiger partial charge is 0.351 e. The molecule has 3 N–H and O–H groups in total. The van der Waals surface area contributed by atoms with E-state index in [1.807, 2.05) is 61.5 Å². The zero-order valence-corrected chi connectivity index (χ0v) is 23.4. The van der Waals surface area contributed by atoms with E-state index >= 15 is 4.39 Å². The van der Waals surface area contributed by atoms with Crippen LogP contribution in [0.1, 0.15) is 64.5 Å². The summed E-state index contributed by atoms with van der Waals surface area (Å²) in [7, 11) is 0. The summed E-state index contributed by atoms with van der Waals surface area (Å²) in [5, 5.41) is 10.8. The molecule has 1 aliphatic rings. The highest BCUT2D eigenvalue weighted by Gasteiger charge is 2.37. The van der Waals surface area contributed by atoms with E-state index in [1.165, 1.54) is 11.6 Å². The van der Waals surface area contributed by atoms with Gasteiger partial charge in [-0.25, -0.2) is 4.39 Å². The van der Waals surface area contributed by atoms with E-state index in [0.717, 1.165) is 24.8 Å². The standard InChI is InChI=1S/C33H42FN3O/c1-23(26-16-17-29(30(34)19-26)25-14-10-7-11-15-25)31(38)36-27(18-24-12-8-6-9-13-24)22-35-28-20-32(2,3)37-33(4,5)21-28/h6-17,19,23,27-28,35,37H,18,20-22H2,1-5H3,(H,36,38)/t23-,27-/m0/s1. The topological polar surface area (TPSA) is 53.2 Å². The average Bonchev–Trinajstić information content (AvgIpc) is 2.86. The number of hydrogen-bond acceptors (Lipinski definition) is 3. The van der Waals surface area contributed by atoms with Crippen molar-refractivity contribution in [1.82, 2.24) is 16.0 Å². The van der Waals surface area contributed by atoms with Gasteiger partial charge < -0.3 is 16.0 Å². The summed E-state index contributed by atoms with van der Waals surface area (Å²) in [6.07, 6.45) is 2.77. The van der Waals surface area contributed by atoms with Crippen molar-refractivity contribution in [1.29, 1.82) is 0 Å². The molecular formula is C33H42FN3O. The first kappa shape index (κ1) is 28.0. The summed E-state index contributed by atoms with van der Waals surface area (Å²) in [6, 6.07) is 25.1. The summed E-state index contributed by atoms with van der Waals surface area (Å²) in [5.74, 6) is -0.873. The molecule has 3 aromatic carbocycles. The number of nitrogens with one attached hydrogen (secondary N) is 3. The van der Waals surface area contributed by atoms with Crippen molar-refractivity contribution in [3.8, 4) is 11.1 Å². The van der Waals surface area contributed by atoms with E-state index in [-0.39, 0.29) is 28.8 Å². The lowest BCUT2D eigenvalue weighted by Crippen LogP contribution is -2.62. The second-order valence-corrected chi connectivity index (χ2v) is 12.1. The van der Waals surface area contributed by atoms with Gasteiger partial charge in [0.1, 0.15) is 5.82 Å². The third kappa shape index (κ3) is 7.52. The highest BCUT2D eigenvalue weighted by molar-refractivity contribution is 5.83. The molecule has 2 atom stereocenters. The van der Waals surface area contributed by atoms with Gasteiger partial charge in [0.25, 0.3) is 0 Å². The quantitative estimate of drug-likeness (QED) is 0.317. The molecule has 4 rings (SSSR count). The van der Waals surface area contributed by atoms with Crippen molar-refractivity contribution in [2.45, 2.75) is 83.0 Å². The molecule has 0 unspecified atom stereocenters. The van der Waals surface area contributed by atoms with Crippen LogP contribution < -0.4 is 16.0 Å². The molecule has 0 bridgehead atoms. The smallest absolute Gasteiger partial charge is 0.227 e. The van der Waals surface area contributed by atoms with E-state index in [9.17, 15) is 4.79 Å². The van der Waals surface area contributed by atoms with Crippen LogP contribution in [0.2, 0.25) is 0 Å². The molecule has 0 spiro atoms. The number of carbonyl (C=O) groups is 1. The molecule has 1 fully saturated rings. The van der Waals surface area contributed by atoms with Crippen LogP contribution in [0.5, 0.6) is 0 Å². The van der Waals surface area contributed by atoms with Crippen LogP contribution in [0.3, 0.4) is 0 Å². The minimum Gasteiger partial charge on any atom is -0.351 e. The number of hydrogen-bond donors (Lipinski definition) is 3. The maximum Gasteiger partial charge on any atom is 0.227 e. The molecule has 0 saturated carbocycles. The van der Waals surface area contributed by atoms with Crippen LogP contribution in [-0.4, -0.2) is 35.6 Å². The van der Waals surface area contributed by atoms with E-state index in [0.29, 0.717) is 23.7 Å². The van der Waals surface area contributed by atoms with Crippen LogP contribution in [0.25, 0.3) is 11.1 Å². The van der Waals surface area contributed by atoms with Crippen LogP contribution >= 0.6 is 0 Å². The molecule has 0 aromatic heterocycles. The molecule has 1 heterocycles. The van der Waals surface area contributed by atoms with Crippen molar-refractivity contribution in [3.63, 3.8) is 0 Å². The Morgan fingerprint density at radius 2 is 1.55 bits per heavy atom. The van der Waals surface area contributed by atoms with Crippen molar-refractivity contribution >= 4 is 5.91 Å². The molecule has 3 aromatic rings. The van der Waals surface area contributed by atoms with Gasteiger partial charge in [0.15, 0.2) is 0 Å². The predicted octanol–water partition coefficient (Wildman–Crippen LogP) is 6.22. The highest BCUT2D eigenvalue weighted by Crippen LogP contribution is 2.29. The molecular weight excluding hydrogens is 473 g/mol.